The Balaban J connectivity index is 2.10. The highest BCUT2D eigenvalue weighted by Crippen LogP contribution is 2.21. The number of nitrogens with zero attached hydrogens (tertiary/aromatic N) is 1. The number of hydrogen-bond donors (Lipinski definition) is 0. The lowest BCUT2D eigenvalue weighted by molar-refractivity contribution is -0.148. The van der Waals surface area contributed by atoms with Gasteiger partial charge in [-0.25, -0.2) is 4.39 Å². The Morgan fingerprint density at radius 2 is 2.22 bits per heavy atom. The van der Waals surface area contributed by atoms with E-state index in [-0.39, 0.29) is 17.8 Å². The van der Waals surface area contributed by atoms with Crippen molar-refractivity contribution >= 4 is 5.97 Å². The first kappa shape index (κ1) is 13.0. The Morgan fingerprint density at radius 1 is 1.44 bits per heavy atom. The van der Waals surface area contributed by atoms with E-state index in [0.29, 0.717) is 12.1 Å². The van der Waals surface area contributed by atoms with Crippen LogP contribution in [0.25, 0.3) is 0 Å². The highest BCUT2D eigenvalue weighted by Gasteiger charge is 2.29. The minimum atomic E-state index is -0.233. The number of halogens is 1. The first-order valence-corrected chi connectivity index (χ1v) is 6.27. The quantitative estimate of drug-likeness (QED) is 0.772. The lowest BCUT2D eigenvalue weighted by Crippen LogP contribution is -2.44. The van der Waals surface area contributed by atoms with Crippen LogP contribution in [0.2, 0.25) is 0 Å². The van der Waals surface area contributed by atoms with Crippen molar-refractivity contribution in [1.82, 2.24) is 4.90 Å². The SMILES string of the molecule is COC(=O)C1CCCCN1Cc1ccccc1F. The number of rotatable bonds is 3. The summed E-state index contributed by atoms with van der Waals surface area (Å²) < 4.78 is 18.4. The summed E-state index contributed by atoms with van der Waals surface area (Å²) in [5.74, 6) is -0.433. The topological polar surface area (TPSA) is 29.5 Å². The number of ether oxygens (including phenoxy) is 1. The van der Waals surface area contributed by atoms with Gasteiger partial charge in [-0.1, -0.05) is 24.6 Å². The van der Waals surface area contributed by atoms with Gasteiger partial charge in [0.15, 0.2) is 0 Å². The van der Waals surface area contributed by atoms with Crippen LogP contribution < -0.4 is 0 Å². The Bertz CT molecular complexity index is 422. The van der Waals surface area contributed by atoms with Gasteiger partial charge in [0.2, 0.25) is 0 Å². The maximum absolute atomic E-state index is 13.6. The smallest absolute Gasteiger partial charge is 0.323 e. The molecule has 0 radical (unpaired) electrons. The highest BCUT2D eigenvalue weighted by molar-refractivity contribution is 5.75. The minimum Gasteiger partial charge on any atom is -0.468 e. The van der Waals surface area contributed by atoms with Crippen LogP contribution in [0.4, 0.5) is 4.39 Å². The fourth-order valence-electron chi connectivity index (χ4n) is 2.43. The standard InChI is InChI=1S/C14H18FNO2/c1-18-14(17)13-8-4-5-9-16(13)10-11-6-2-3-7-12(11)15/h2-3,6-7,13H,4-5,8-10H2,1H3. The largest absolute Gasteiger partial charge is 0.468 e. The third-order valence-electron chi connectivity index (χ3n) is 3.42. The fourth-order valence-corrected chi connectivity index (χ4v) is 2.43. The summed E-state index contributed by atoms with van der Waals surface area (Å²) in [5, 5.41) is 0. The molecule has 0 amide bonds. The molecule has 0 N–H and O–H groups in total. The van der Waals surface area contributed by atoms with Gasteiger partial charge >= 0.3 is 5.97 Å². The molecule has 98 valence electrons. The third-order valence-corrected chi connectivity index (χ3v) is 3.42. The molecule has 0 aromatic heterocycles. The van der Waals surface area contributed by atoms with Gasteiger partial charge in [-0.15, -0.1) is 0 Å². The predicted octanol–water partition coefficient (Wildman–Crippen LogP) is 2.35. The Kier molecular flexibility index (Phi) is 4.31. The van der Waals surface area contributed by atoms with Gasteiger partial charge in [-0.05, 0) is 25.5 Å². The lowest BCUT2D eigenvalue weighted by atomic mass is 10.0. The summed E-state index contributed by atoms with van der Waals surface area (Å²) in [7, 11) is 1.40. The number of piperidine rings is 1. The number of carbonyl (C=O) groups excluding carboxylic acids is 1. The van der Waals surface area contributed by atoms with E-state index in [1.807, 2.05) is 11.0 Å². The molecule has 0 bridgehead atoms. The average molecular weight is 251 g/mol. The number of likely N-dealkylation sites (tertiary alicyclic amines) is 1. The van der Waals surface area contributed by atoms with E-state index in [0.717, 1.165) is 25.8 Å². The van der Waals surface area contributed by atoms with Gasteiger partial charge in [-0.2, -0.15) is 0 Å². The first-order valence-electron chi connectivity index (χ1n) is 6.27. The summed E-state index contributed by atoms with van der Waals surface area (Å²) in [6.07, 6.45) is 2.86. The fraction of sp³-hybridized carbons (Fsp3) is 0.500. The van der Waals surface area contributed by atoms with Crippen LogP contribution in [-0.4, -0.2) is 30.6 Å². The molecule has 1 aliphatic heterocycles. The van der Waals surface area contributed by atoms with Crippen molar-refractivity contribution in [3.8, 4) is 0 Å². The summed E-state index contributed by atoms with van der Waals surface area (Å²) in [5.41, 5.74) is 0.633. The number of hydrogen-bond acceptors (Lipinski definition) is 3. The van der Waals surface area contributed by atoms with E-state index in [1.54, 1.807) is 12.1 Å². The maximum Gasteiger partial charge on any atom is 0.323 e. The number of methoxy groups -OCH3 is 1. The van der Waals surface area contributed by atoms with Crippen molar-refractivity contribution in [2.24, 2.45) is 0 Å². The molecule has 18 heavy (non-hydrogen) atoms. The van der Waals surface area contributed by atoms with Gasteiger partial charge in [0.25, 0.3) is 0 Å². The average Bonchev–Trinajstić information content (AvgIpc) is 2.41. The second kappa shape index (κ2) is 5.96. The van der Waals surface area contributed by atoms with E-state index < -0.39 is 0 Å². The Morgan fingerprint density at radius 3 is 2.94 bits per heavy atom. The van der Waals surface area contributed by atoms with E-state index >= 15 is 0 Å². The molecule has 1 unspecified atom stereocenters. The van der Waals surface area contributed by atoms with Gasteiger partial charge in [-0.3, -0.25) is 9.69 Å². The van der Waals surface area contributed by atoms with E-state index in [4.69, 9.17) is 4.74 Å². The second-order valence-electron chi connectivity index (χ2n) is 4.60. The van der Waals surface area contributed by atoms with Gasteiger partial charge in [0, 0.05) is 12.1 Å². The molecule has 0 saturated carbocycles. The van der Waals surface area contributed by atoms with Crippen molar-refractivity contribution < 1.29 is 13.9 Å². The van der Waals surface area contributed by atoms with E-state index in [9.17, 15) is 9.18 Å². The minimum absolute atomic E-state index is 0.216. The predicted molar refractivity (Wildman–Crippen MR) is 66.5 cm³/mol. The van der Waals surface area contributed by atoms with Crippen LogP contribution in [0, 0.1) is 5.82 Å². The van der Waals surface area contributed by atoms with Crippen molar-refractivity contribution in [3.63, 3.8) is 0 Å². The maximum atomic E-state index is 13.6. The molecule has 2 rings (SSSR count). The van der Waals surface area contributed by atoms with Gasteiger partial charge in [0.05, 0.1) is 7.11 Å². The zero-order valence-electron chi connectivity index (χ0n) is 10.6. The Hall–Kier alpha value is -1.42. The number of benzene rings is 1. The first-order chi connectivity index (χ1) is 8.72. The molecular weight excluding hydrogens is 233 g/mol. The Labute approximate surface area is 107 Å². The lowest BCUT2D eigenvalue weighted by Gasteiger charge is -2.33. The van der Waals surface area contributed by atoms with E-state index in [2.05, 4.69) is 0 Å². The molecule has 4 heteroatoms. The zero-order valence-corrected chi connectivity index (χ0v) is 10.6. The van der Waals surface area contributed by atoms with Crippen molar-refractivity contribution in [2.45, 2.75) is 31.8 Å². The van der Waals surface area contributed by atoms with Crippen LogP contribution >= 0.6 is 0 Å². The molecule has 1 aliphatic rings. The molecule has 3 nitrogen and oxygen atoms in total. The third kappa shape index (κ3) is 2.88. The summed E-state index contributed by atoms with van der Waals surface area (Å²) in [6, 6.07) is 6.47. The van der Waals surface area contributed by atoms with Crippen LogP contribution in [0.1, 0.15) is 24.8 Å². The highest BCUT2D eigenvalue weighted by atomic mass is 19.1. The number of esters is 1. The molecule has 1 heterocycles. The van der Waals surface area contributed by atoms with Crippen LogP contribution in [0.3, 0.4) is 0 Å². The van der Waals surface area contributed by atoms with Crippen molar-refractivity contribution in [2.75, 3.05) is 13.7 Å². The molecule has 1 aromatic carbocycles. The van der Waals surface area contributed by atoms with Gasteiger partial charge < -0.3 is 4.74 Å². The molecule has 0 aliphatic carbocycles. The number of carbonyl (C=O) groups is 1. The van der Waals surface area contributed by atoms with Crippen molar-refractivity contribution in [1.29, 1.82) is 0 Å². The second-order valence-corrected chi connectivity index (χ2v) is 4.60. The molecule has 1 fully saturated rings. The normalized spacial score (nSPS) is 20.7. The molecule has 1 aromatic rings. The van der Waals surface area contributed by atoms with Crippen LogP contribution in [0.15, 0.2) is 24.3 Å². The van der Waals surface area contributed by atoms with Crippen LogP contribution in [-0.2, 0) is 16.1 Å². The zero-order chi connectivity index (χ0) is 13.0. The van der Waals surface area contributed by atoms with Crippen LogP contribution in [0.5, 0.6) is 0 Å². The van der Waals surface area contributed by atoms with Gasteiger partial charge in [0.1, 0.15) is 11.9 Å². The molecule has 1 saturated heterocycles. The van der Waals surface area contributed by atoms with E-state index in [1.165, 1.54) is 13.2 Å². The summed E-state index contributed by atoms with van der Waals surface area (Å²) in [6.45, 7) is 1.28. The molecule has 0 spiro atoms. The molecule has 1 atom stereocenters. The van der Waals surface area contributed by atoms with Crippen molar-refractivity contribution in [3.05, 3.63) is 35.6 Å². The molecular formula is C14H18FNO2. The summed E-state index contributed by atoms with van der Waals surface area (Å²) in [4.78, 5) is 13.7. The summed E-state index contributed by atoms with van der Waals surface area (Å²) >= 11 is 0. The monoisotopic (exact) mass is 251 g/mol.